The van der Waals surface area contributed by atoms with Crippen molar-refractivity contribution in [2.45, 2.75) is 12.5 Å². The molecule has 0 radical (unpaired) electrons. The molecule has 3 nitrogen and oxygen atoms in total. The predicted molar refractivity (Wildman–Crippen MR) is 40.9 cm³/mol. The maximum atomic E-state index is 5.60. The van der Waals surface area contributed by atoms with Crippen molar-refractivity contribution in [2.24, 2.45) is 5.73 Å². The molecule has 1 aliphatic rings. The van der Waals surface area contributed by atoms with E-state index < -0.39 is 0 Å². The third kappa shape index (κ3) is 2.25. The molecule has 0 atom stereocenters. The SMILES string of the molecule is COCCCN1CC(N)C1. The highest BCUT2D eigenvalue weighted by Gasteiger charge is 2.21. The van der Waals surface area contributed by atoms with E-state index in [-0.39, 0.29) is 0 Å². The van der Waals surface area contributed by atoms with Crippen LogP contribution in [-0.2, 0) is 4.74 Å². The van der Waals surface area contributed by atoms with Gasteiger partial charge in [-0.25, -0.2) is 0 Å². The minimum Gasteiger partial charge on any atom is -0.385 e. The Morgan fingerprint density at radius 2 is 2.30 bits per heavy atom. The Labute approximate surface area is 62.1 Å². The fourth-order valence-corrected chi connectivity index (χ4v) is 1.22. The molecule has 1 fully saturated rings. The number of methoxy groups -OCH3 is 1. The molecule has 60 valence electrons. The minimum atomic E-state index is 0.433. The third-order valence-corrected chi connectivity index (χ3v) is 1.81. The van der Waals surface area contributed by atoms with Crippen LogP contribution in [0.5, 0.6) is 0 Å². The van der Waals surface area contributed by atoms with Crippen LogP contribution in [-0.4, -0.2) is 44.3 Å². The molecule has 1 heterocycles. The summed E-state index contributed by atoms with van der Waals surface area (Å²) >= 11 is 0. The van der Waals surface area contributed by atoms with Crippen molar-refractivity contribution >= 4 is 0 Å². The molecule has 0 amide bonds. The van der Waals surface area contributed by atoms with Crippen LogP contribution in [0.1, 0.15) is 6.42 Å². The third-order valence-electron chi connectivity index (χ3n) is 1.81. The van der Waals surface area contributed by atoms with Crippen molar-refractivity contribution in [2.75, 3.05) is 33.4 Å². The Morgan fingerprint density at radius 3 is 2.80 bits per heavy atom. The number of likely N-dealkylation sites (tertiary alicyclic amines) is 1. The van der Waals surface area contributed by atoms with Gasteiger partial charge >= 0.3 is 0 Å². The van der Waals surface area contributed by atoms with Crippen molar-refractivity contribution in [1.82, 2.24) is 4.90 Å². The topological polar surface area (TPSA) is 38.5 Å². The molecule has 3 heteroatoms. The molecular formula is C7H16N2O. The maximum Gasteiger partial charge on any atom is 0.0474 e. The van der Waals surface area contributed by atoms with Crippen molar-refractivity contribution in [3.8, 4) is 0 Å². The summed E-state index contributed by atoms with van der Waals surface area (Å²) < 4.78 is 4.93. The van der Waals surface area contributed by atoms with E-state index in [1.165, 1.54) is 0 Å². The largest absolute Gasteiger partial charge is 0.385 e. The summed E-state index contributed by atoms with van der Waals surface area (Å²) in [7, 11) is 1.74. The molecular weight excluding hydrogens is 128 g/mol. The van der Waals surface area contributed by atoms with Gasteiger partial charge in [0.15, 0.2) is 0 Å². The molecule has 0 aliphatic carbocycles. The first-order valence-corrected chi connectivity index (χ1v) is 3.80. The number of hydrogen-bond acceptors (Lipinski definition) is 3. The monoisotopic (exact) mass is 144 g/mol. The first kappa shape index (κ1) is 7.98. The molecule has 0 aromatic heterocycles. The van der Waals surface area contributed by atoms with E-state index in [0.717, 1.165) is 32.7 Å². The van der Waals surface area contributed by atoms with Crippen LogP contribution < -0.4 is 5.73 Å². The number of nitrogens with two attached hydrogens (primary N) is 1. The lowest BCUT2D eigenvalue weighted by atomic mass is 10.1. The van der Waals surface area contributed by atoms with Crippen molar-refractivity contribution in [3.05, 3.63) is 0 Å². The Balaban J connectivity index is 1.86. The number of rotatable bonds is 4. The van der Waals surface area contributed by atoms with E-state index in [9.17, 15) is 0 Å². The molecule has 10 heavy (non-hydrogen) atoms. The van der Waals surface area contributed by atoms with Gasteiger partial charge in [-0.3, -0.25) is 0 Å². The summed E-state index contributed by atoms with van der Waals surface area (Å²) in [6.07, 6.45) is 1.13. The van der Waals surface area contributed by atoms with Crippen LogP contribution in [0.3, 0.4) is 0 Å². The number of hydrogen-bond donors (Lipinski definition) is 1. The van der Waals surface area contributed by atoms with Gasteiger partial charge in [0.05, 0.1) is 0 Å². The second-order valence-electron chi connectivity index (χ2n) is 2.87. The molecule has 1 rings (SSSR count). The van der Waals surface area contributed by atoms with Gasteiger partial charge in [-0.05, 0) is 6.42 Å². The van der Waals surface area contributed by atoms with Gasteiger partial charge in [-0.1, -0.05) is 0 Å². The van der Waals surface area contributed by atoms with Gasteiger partial charge in [-0.2, -0.15) is 0 Å². The van der Waals surface area contributed by atoms with Gasteiger partial charge < -0.3 is 15.4 Å². The van der Waals surface area contributed by atoms with Crippen LogP contribution in [0.2, 0.25) is 0 Å². The summed E-state index contributed by atoms with van der Waals surface area (Å²) in [6.45, 7) is 4.15. The lowest BCUT2D eigenvalue weighted by Gasteiger charge is -2.36. The van der Waals surface area contributed by atoms with Crippen LogP contribution in [0.15, 0.2) is 0 Å². The molecule has 2 N–H and O–H groups in total. The van der Waals surface area contributed by atoms with E-state index in [1.54, 1.807) is 7.11 Å². The molecule has 0 aromatic rings. The zero-order valence-corrected chi connectivity index (χ0v) is 6.55. The second kappa shape index (κ2) is 3.91. The number of ether oxygens (including phenoxy) is 1. The quantitative estimate of drug-likeness (QED) is 0.549. The van der Waals surface area contributed by atoms with E-state index in [1.807, 2.05) is 0 Å². The molecule has 0 aromatic carbocycles. The molecule has 0 bridgehead atoms. The fraction of sp³-hybridized carbons (Fsp3) is 1.00. The van der Waals surface area contributed by atoms with Crippen LogP contribution in [0, 0.1) is 0 Å². The molecule has 1 saturated heterocycles. The number of nitrogens with zero attached hydrogens (tertiary/aromatic N) is 1. The zero-order valence-electron chi connectivity index (χ0n) is 6.55. The lowest BCUT2D eigenvalue weighted by molar-refractivity contribution is 0.123. The zero-order chi connectivity index (χ0) is 7.40. The maximum absolute atomic E-state index is 5.60. The highest BCUT2D eigenvalue weighted by Crippen LogP contribution is 2.04. The second-order valence-corrected chi connectivity index (χ2v) is 2.87. The average Bonchev–Trinajstić information content (AvgIpc) is 1.85. The first-order valence-electron chi connectivity index (χ1n) is 3.80. The van der Waals surface area contributed by atoms with E-state index in [2.05, 4.69) is 4.90 Å². The van der Waals surface area contributed by atoms with E-state index >= 15 is 0 Å². The average molecular weight is 144 g/mol. The summed E-state index contributed by atoms with van der Waals surface area (Å²) in [5, 5.41) is 0. The van der Waals surface area contributed by atoms with Gasteiger partial charge in [0, 0.05) is 39.4 Å². The lowest BCUT2D eigenvalue weighted by Crippen LogP contribution is -2.55. The highest BCUT2D eigenvalue weighted by atomic mass is 16.5. The summed E-state index contributed by atoms with van der Waals surface area (Å²) in [6, 6.07) is 0.433. The summed E-state index contributed by atoms with van der Waals surface area (Å²) in [4.78, 5) is 2.35. The first-order chi connectivity index (χ1) is 4.83. The molecule has 1 aliphatic heterocycles. The van der Waals surface area contributed by atoms with Gasteiger partial charge in [0.2, 0.25) is 0 Å². The Kier molecular flexibility index (Phi) is 3.12. The van der Waals surface area contributed by atoms with Gasteiger partial charge in [0.1, 0.15) is 0 Å². The van der Waals surface area contributed by atoms with Crippen LogP contribution in [0.4, 0.5) is 0 Å². The van der Waals surface area contributed by atoms with E-state index in [4.69, 9.17) is 10.5 Å². The minimum absolute atomic E-state index is 0.433. The van der Waals surface area contributed by atoms with Gasteiger partial charge in [0.25, 0.3) is 0 Å². The normalized spacial score (nSPS) is 21.0. The Bertz CT molecular complexity index is 91.6. The molecule has 0 spiro atoms. The Hall–Kier alpha value is -0.120. The van der Waals surface area contributed by atoms with E-state index in [0.29, 0.717) is 6.04 Å². The van der Waals surface area contributed by atoms with Crippen LogP contribution >= 0.6 is 0 Å². The standard InChI is InChI=1S/C7H16N2O/c1-10-4-2-3-9-5-7(8)6-9/h7H,2-6,8H2,1H3. The molecule has 0 unspecified atom stereocenters. The van der Waals surface area contributed by atoms with Crippen molar-refractivity contribution < 1.29 is 4.74 Å². The fourth-order valence-electron chi connectivity index (χ4n) is 1.22. The summed E-state index contributed by atoms with van der Waals surface area (Å²) in [5.41, 5.74) is 5.60. The smallest absolute Gasteiger partial charge is 0.0474 e. The Morgan fingerprint density at radius 1 is 1.60 bits per heavy atom. The van der Waals surface area contributed by atoms with Crippen molar-refractivity contribution in [3.63, 3.8) is 0 Å². The van der Waals surface area contributed by atoms with Crippen molar-refractivity contribution in [1.29, 1.82) is 0 Å². The van der Waals surface area contributed by atoms with Crippen LogP contribution in [0.25, 0.3) is 0 Å². The molecule has 0 saturated carbocycles. The summed E-state index contributed by atoms with van der Waals surface area (Å²) in [5.74, 6) is 0. The van der Waals surface area contributed by atoms with Gasteiger partial charge in [-0.15, -0.1) is 0 Å². The predicted octanol–water partition coefficient (Wildman–Crippen LogP) is -0.334. The highest BCUT2D eigenvalue weighted by molar-refractivity contribution is 4.81.